The van der Waals surface area contributed by atoms with Crippen LogP contribution >= 0.6 is 11.3 Å². The molecule has 3 aromatic rings. The Morgan fingerprint density at radius 1 is 1.28 bits per heavy atom. The third-order valence-electron chi connectivity index (χ3n) is 4.88. The van der Waals surface area contributed by atoms with Crippen molar-refractivity contribution in [1.29, 1.82) is 0 Å². The summed E-state index contributed by atoms with van der Waals surface area (Å²) in [6, 6.07) is 11.6. The number of hydrogen-bond donors (Lipinski definition) is 1. The SMILES string of the molecule is CC(C)Oc1ccc(CN2CC[C@@H](NS(=O)(=O)c3cnc4ccsc4c3)C2)cc1. The summed E-state index contributed by atoms with van der Waals surface area (Å²) in [5.74, 6) is 0.868. The van der Waals surface area contributed by atoms with Crippen molar-refractivity contribution in [3.05, 3.63) is 53.5 Å². The molecule has 0 bridgehead atoms. The Hall–Kier alpha value is -2.00. The highest BCUT2D eigenvalue weighted by Gasteiger charge is 2.27. The molecular weight excluding hydrogens is 406 g/mol. The van der Waals surface area contributed by atoms with Crippen LogP contribution in [-0.4, -0.2) is 43.5 Å². The maximum atomic E-state index is 12.8. The van der Waals surface area contributed by atoms with Gasteiger partial charge in [-0.3, -0.25) is 9.88 Å². The number of ether oxygens (including phenoxy) is 1. The predicted octanol–water partition coefficient (Wildman–Crippen LogP) is 3.64. The highest BCUT2D eigenvalue weighted by molar-refractivity contribution is 7.89. The molecule has 6 nitrogen and oxygen atoms in total. The summed E-state index contributed by atoms with van der Waals surface area (Å²) in [7, 11) is -3.58. The number of rotatable bonds is 7. The minimum atomic E-state index is -3.58. The molecule has 1 aliphatic heterocycles. The third-order valence-corrected chi connectivity index (χ3v) is 7.22. The number of fused-ring (bicyclic) bond motifs is 1. The first-order valence-corrected chi connectivity index (χ1v) is 12.1. The van der Waals surface area contributed by atoms with Gasteiger partial charge in [0.2, 0.25) is 10.0 Å². The molecule has 8 heteroatoms. The van der Waals surface area contributed by atoms with Crippen molar-refractivity contribution in [2.45, 2.75) is 43.9 Å². The first-order chi connectivity index (χ1) is 13.9. The summed E-state index contributed by atoms with van der Waals surface area (Å²) >= 11 is 1.49. The number of hydrogen-bond acceptors (Lipinski definition) is 6. The van der Waals surface area contributed by atoms with E-state index in [1.807, 2.05) is 37.4 Å². The van der Waals surface area contributed by atoms with E-state index in [1.165, 1.54) is 23.1 Å². The molecule has 1 saturated heterocycles. The fourth-order valence-corrected chi connectivity index (χ4v) is 5.63. The zero-order valence-electron chi connectivity index (χ0n) is 16.5. The molecule has 1 fully saturated rings. The molecule has 0 aliphatic carbocycles. The van der Waals surface area contributed by atoms with Crippen LogP contribution in [0.3, 0.4) is 0 Å². The van der Waals surface area contributed by atoms with E-state index in [1.54, 1.807) is 6.07 Å². The zero-order chi connectivity index (χ0) is 20.4. The van der Waals surface area contributed by atoms with Gasteiger partial charge in [-0.1, -0.05) is 12.1 Å². The number of thiophene rings is 1. The number of benzene rings is 1. The van der Waals surface area contributed by atoms with Gasteiger partial charge >= 0.3 is 0 Å². The fourth-order valence-electron chi connectivity index (χ4n) is 3.54. The van der Waals surface area contributed by atoms with Crippen molar-refractivity contribution in [3.63, 3.8) is 0 Å². The van der Waals surface area contributed by atoms with Gasteiger partial charge in [0.25, 0.3) is 0 Å². The Balaban J connectivity index is 1.35. The van der Waals surface area contributed by atoms with Gasteiger partial charge in [-0.05, 0) is 55.5 Å². The third kappa shape index (κ3) is 4.95. The van der Waals surface area contributed by atoms with Crippen LogP contribution in [0, 0.1) is 0 Å². The van der Waals surface area contributed by atoms with E-state index < -0.39 is 10.0 Å². The van der Waals surface area contributed by atoms with Crippen LogP contribution in [0.25, 0.3) is 10.2 Å². The summed E-state index contributed by atoms with van der Waals surface area (Å²) < 4.78 is 34.9. The molecular formula is C21H25N3O3S2. The van der Waals surface area contributed by atoms with Gasteiger partial charge in [0.05, 0.1) is 16.3 Å². The Bertz CT molecular complexity index is 1080. The number of nitrogens with one attached hydrogen (secondary N) is 1. The standard InChI is InChI=1S/C21H25N3O3S2/c1-15(2)27-18-5-3-16(4-6-18)13-24-9-7-17(14-24)23-29(25,26)19-11-21-20(22-12-19)8-10-28-21/h3-6,8,10-12,15,17,23H,7,9,13-14H2,1-2H3/t17-/m1/s1. The minimum Gasteiger partial charge on any atom is -0.491 e. The van der Waals surface area contributed by atoms with Gasteiger partial charge in [-0.2, -0.15) is 0 Å². The highest BCUT2D eigenvalue weighted by atomic mass is 32.2. The van der Waals surface area contributed by atoms with Gasteiger partial charge in [0.1, 0.15) is 10.6 Å². The maximum Gasteiger partial charge on any atom is 0.242 e. The first-order valence-electron chi connectivity index (χ1n) is 9.72. The van der Waals surface area contributed by atoms with Crippen LogP contribution in [-0.2, 0) is 16.6 Å². The Labute approximate surface area is 175 Å². The van der Waals surface area contributed by atoms with Crippen molar-refractivity contribution in [3.8, 4) is 5.75 Å². The maximum absolute atomic E-state index is 12.8. The summed E-state index contributed by atoms with van der Waals surface area (Å²) in [5, 5.41) is 1.91. The molecule has 4 rings (SSSR count). The van der Waals surface area contributed by atoms with Crippen LogP contribution in [0.5, 0.6) is 5.75 Å². The number of aromatic nitrogens is 1. The molecule has 1 atom stereocenters. The van der Waals surface area contributed by atoms with Crippen LogP contribution in [0.15, 0.2) is 52.9 Å². The second kappa shape index (κ2) is 8.39. The predicted molar refractivity (Wildman–Crippen MR) is 116 cm³/mol. The minimum absolute atomic E-state index is 0.0948. The van der Waals surface area contributed by atoms with E-state index in [0.29, 0.717) is 6.54 Å². The Morgan fingerprint density at radius 2 is 2.07 bits per heavy atom. The van der Waals surface area contributed by atoms with Gasteiger partial charge in [0.15, 0.2) is 0 Å². The molecule has 0 unspecified atom stereocenters. The average Bonchev–Trinajstić information content (AvgIpc) is 3.31. The van der Waals surface area contributed by atoms with Crippen molar-refractivity contribution in [2.75, 3.05) is 13.1 Å². The Morgan fingerprint density at radius 3 is 2.83 bits per heavy atom. The number of nitrogens with zero attached hydrogens (tertiary/aromatic N) is 2. The summed E-state index contributed by atoms with van der Waals surface area (Å²) in [4.78, 5) is 6.75. The smallest absolute Gasteiger partial charge is 0.242 e. The van der Waals surface area contributed by atoms with Crippen molar-refractivity contribution >= 4 is 31.6 Å². The highest BCUT2D eigenvalue weighted by Crippen LogP contribution is 2.23. The molecule has 3 heterocycles. The van der Waals surface area contributed by atoms with Gasteiger partial charge in [-0.25, -0.2) is 13.1 Å². The van der Waals surface area contributed by atoms with Gasteiger partial charge in [-0.15, -0.1) is 11.3 Å². The van der Waals surface area contributed by atoms with Gasteiger partial charge in [0, 0.05) is 31.9 Å². The van der Waals surface area contributed by atoms with Crippen molar-refractivity contribution < 1.29 is 13.2 Å². The molecule has 29 heavy (non-hydrogen) atoms. The molecule has 154 valence electrons. The molecule has 2 aromatic heterocycles. The van der Waals surface area contributed by atoms with Crippen molar-refractivity contribution in [1.82, 2.24) is 14.6 Å². The molecule has 0 saturated carbocycles. The van der Waals surface area contributed by atoms with E-state index in [9.17, 15) is 8.42 Å². The first kappa shape index (κ1) is 20.3. The van der Waals surface area contributed by atoms with E-state index in [2.05, 4.69) is 26.7 Å². The topological polar surface area (TPSA) is 71.5 Å². The van der Waals surface area contributed by atoms with Crippen LogP contribution < -0.4 is 9.46 Å². The molecule has 0 spiro atoms. The van der Waals surface area contributed by atoms with Gasteiger partial charge < -0.3 is 4.74 Å². The number of pyridine rings is 1. The lowest BCUT2D eigenvalue weighted by Crippen LogP contribution is -2.37. The van der Waals surface area contributed by atoms with E-state index in [4.69, 9.17) is 4.74 Å². The van der Waals surface area contributed by atoms with E-state index in [-0.39, 0.29) is 17.0 Å². The normalized spacial score (nSPS) is 18.0. The lowest BCUT2D eigenvalue weighted by molar-refractivity contribution is 0.242. The summed E-state index contributed by atoms with van der Waals surface area (Å²) in [6.45, 7) is 6.36. The Kier molecular flexibility index (Phi) is 5.87. The van der Waals surface area contributed by atoms with Crippen molar-refractivity contribution in [2.24, 2.45) is 0 Å². The van der Waals surface area contributed by atoms with Crippen LogP contribution in [0.4, 0.5) is 0 Å². The molecule has 1 N–H and O–H groups in total. The second-order valence-electron chi connectivity index (χ2n) is 7.63. The lowest BCUT2D eigenvalue weighted by atomic mass is 10.2. The average molecular weight is 432 g/mol. The molecule has 1 aromatic carbocycles. The largest absolute Gasteiger partial charge is 0.491 e. The van der Waals surface area contributed by atoms with E-state index >= 15 is 0 Å². The van der Waals surface area contributed by atoms with E-state index in [0.717, 1.165) is 35.5 Å². The summed E-state index contributed by atoms with van der Waals surface area (Å²) in [5.41, 5.74) is 2.02. The summed E-state index contributed by atoms with van der Waals surface area (Å²) in [6.07, 6.45) is 2.39. The zero-order valence-corrected chi connectivity index (χ0v) is 18.2. The lowest BCUT2D eigenvalue weighted by Gasteiger charge is -2.17. The number of likely N-dealkylation sites (tertiary alicyclic amines) is 1. The fraction of sp³-hybridized carbons (Fsp3) is 0.381. The quantitative estimate of drug-likeness (QED) is 0.618. The second-order valence-corrected chi connectivity index (χ2v) is 10.3. The molecule has 0 radical (unpaired) electrons. The number of sulfonamides is 1. The monoisotopic (exact) mass is 431 g/mol. The van der Waals surface area contributed by atoms with Crippen LogP contribution in [0.2, 0.25) is 0 Å². The van der Waals surface area contributed by atoms with Crippen LogP contribution in [0.1, 0.15) is 25.8 Å². The molecule has 0 amide bonds. The molecule has 1 aliphatic rings.